The number of nitrogens with zero attached hydrogens (tertiary/aromatic N) is 3. The topological polar surface area (TPSA) is 98.3 Å². The molecule has 0 fully saturated rings. The first-order valence-corrected chi connectivity index (χ1v) is 6.50. The molecule has 0 saturated heterocycles. The average molecular weight is 273 g/mol. The highest BCUT2D eigenvalue weighted by Crippen LogP contribution is 2.32. The second-order valence-electron chi connectivity index (χ2n) is 3.72. The van der Waals surface area contributed by atoms with Gasteiger partial charge in [0.15, 0.2) is 5.03 Å². The van der Waals surface area contributed by atoms with Gasteiger partial charge >= 0.3 is 11.7 Å². The summed E-state index contributed by atoms with van der Waals surface area (Å²) in [5, 5.41) is 24.2. The van der Waals surface area contributed by atoms with Crippen LogP contribution in [0.4, 0.5) is 5.69 Å². The third-order valence-corrected chi connectivity index (χ3v) is 3.40. The van der Waals surface area contributed by atoms with Crippen LogP contribution in [-0.4, -0.2) is 31.5 Å². The number of hydrogen-bond donors (Lipinski definition) is 1. The van der Waals surface area contributed by atoms with Gasteiger partial charge in [0.25, 0.3) is 0 Å². The van der Waals surface area contributed by atoms with Gasteiger partial charge in [-0.1, -0.05) is 25.1 Å². The summed E-state index contributed by atoms with van der Waals surface area (Å²) in [5.74, 6) is -0.623. The lowest BCUT2D eigenvalue weighted by Crippen LogP contribution is -1.99. The van der Waals surface area contributed by atoms with E-state index in [-0.39, 0.29) is 12.1 Å². The van der Waals surface area contributed by atoms with Gasteiger partial charge in [0.1, 0.15) is 5.69 Å². The number of aromatic nitrogens is 2. The van der Waals surface area contributed by atoms with Gasteiger partial charge in [0.2, 0.25) is 0 Å². The third-order valence-electron chi connectivity index (χ3n) is 2.26. The number of aryl methyl sites for hydroxylation is 2. The lowest BCUT2D eigenvalue weighted by atomic mass is 10.2. The Labute approximate surface area is 108 Å². The van der Waals surface area contributed by atoms with Crippen molar-refractivity contribution in [2.24, 2.45) is 7.05 Å². The Hall–Kier alpha value is -1.57. The fourth-order valence-electron chi connectivity index (χ4n) is 1.54. The maximum Gasteiger partial charge on any atom is 0.323 e. The van der Waals surface area contributed by atoms with Crippen LogP contribution in [0.1, 0.15) is 25.5 Å². The summed E-state index contributed by atoms with van der Waals surface area (Å²) in [4.78, 5) is 21.0. The van der Waals surface area contributed by atoms with E-state index in [1.54, 1.807) is 7.05 Å². The first-order chi connectivity index (χ1) is 8.47. The smallest absolute Gasteiger partial charge is 0.323 e. The third kappa shape index (κ3) is 3.46. The second kappa shape index (κ2) is 6.39. The van der Waals surface area contributed by atoms with E-state index >= 15 is 0 Å². The Balaban J connectivity index is 2.94. The van der Waals surface area contributed by atoms with Gasteiger partial charge in [-0.05, 0) is 6.42 Å². The van der Waals surface area contributed by atoms with Gasteiger partial charge < -0.3 is 5.11 Å². The van der Waals surface area contributed by atoms with Gasteiger partial charge in [0.05, 0.1) is 11.3 Å². The zero-order valence-electron chi connectivity index (χ0n) is 10.3. The molecule has 18 heavy (non-hydrogen) atoms. The van der Waals surface area contributed by atoms with Gasteiger partial charge in [0, 0.05) is 12.8 Å². The zero-order chi connectivity index (χ0) is 13.7. The first-order valence-electron chi connectivity index (χ1n) is 5.52. The van der Waals surface area contributed by atoms with Crippen molar-refractivity contribution in [3.63, 3.8) is 0 Å². The number of carboxylic acid groups (broad SMARTS) is 1. The van der Waals surface area contributed by atoms with Gasteiger partial charge in [-0.2, -0.15) is 5.10 Å². The number of hydrogen-bond acceptors (Lipinski definition) is 5. The van der Waals surface area contributed by atoms with Gasteiger partial charge in [-0.3, -0.25) is 19.6 Å². The molecule has 0 atom stereocenters. The number of nitro groups is 1. The van der Waals surface area contributed by atoms with Crippen LogP contribution in [0, 0.1) is 10.1 Å². The molecule has 100 valence electrons. The Morgan fingerprint density at radius 3 is 2.78 bits per heavy atom. The van der Waals surface area contributed by atoms with Crippen LogP contribution in [0.2, 0.25) is 0 Å². The molecule has 1 aromatic heterocycles. The minimum atomic E-state index is -0.916. The van der Waals surface area contributed by atoms with E-state index in [4.69, 9.17) is 5.11 Å². The molecule has 0 bridgehead atoms. The molecule has 0 spiro atoms. The molecule has 0 saturated carbocycles. The standard InChI is InChI=1S/C10H15N3O4S/c1-3-4-7-9(13(16)17)10(12(2)11-7)18-6-5-8(14)15/h3-6H2,1-2H3,(H,14,15). The van der Waals surface area contributed by atoms with E-state index in [9.17, 15) is 14.9 Å². The summed E-state index contributed by atoms with van der Waals surface area (Å²) in [6, 6.07) is 0. The first kappa shape index (κ1) is 14.5. The number of aliphatic carboxylic acids is 1. The molecule has 7 nitrogen and oxygen atoms in total. The van der Waals surface area contributed by atoms with E-state index in [0.717, 1.165) is 18.2 Å². The maximum atomic E-state index is 11.1. The summed E-state index contributed by atoms with van der Waals surface area (Å²) in [6.07, 6.45) is 1.29. The molecule has 0 aliphatic carbocycles. The Morgan fingerprint density at radius 2 is 2.28 bits per heavy atom. The van der Waals surface area contributed by atoms with E-state index in [1.807, 2.05) is 6.92 Å². The Bertz CT molecular complexity index is 458. The monoisotopic (exact) mass is 273 g/mol. The van der Waals surface area contributed by atoms with Crippen LogP contribution in [0.25, 0.3) is 0 Å². The molecule has 1 rings (SSSR count). The molecule has 0 radical (unpaired) electrons. The molecule has 1 N–H and O–H groups in total. The van der Waals surface area contributed by atoms with Gasteiger partial charge in [-0.15, -0.1) is 0 Å². The van der Waals surface area contributed by atoms with Gasteiger partial charge in [-0.25, -0.2) is 0 Å². The molecular weight excluding hydrogens is 258 g/mol. The zero-order valence-corrected chi connectivity index (χ0v) is 11.1. The fraction of sp³-hybridized carbons (Fsp3) is 0.600. The number of thioether (sulfide) groups is 1. The van der Waals surface area contributed by atoms with Crippen LogP contribution in [0.15, 0.2) is 5.03 Å². The van der Waals surface area contributed by atoms with Crippen molar-refractivity contribution in [1.82, 2.24) is 9.78 Å². The average Bonchev–Trinajstić information content (AvgIpc) is 2.55. The summed E-state index contributed by atoms with van der Waals surface area (Å²) in [5.41, 5.74) is 0.470. The highest BCUT2D eigenvalue weighted by molar-refractivity contribution is 7.99. The van der Waals surface area contributed by atoms with Crippen molar-refractivity contribution in [2.45, 2.75) is 31.2 Å². The van der Waals surface area contributed by atoms with Crippen molar-refractivity contribution < 1.29 is 14.8 Å². The van der Waals surface area contributed by atoms with Crippen molar-refractivity contribution in [1.29, 1.82) is 0 Å². The van der Waals surface area contributed by atoms with Crippen LogP contribution < -0.4 is 0 Å². The molecule has 0 aliphatic heterocycles. The van der Waals surface area contributed by atoms with E-state index in [1.165, 1.54) is 4.68 Å². The second-order valence-corrected chi connectivity index (χ2v) is 4.81. The SMILES string of the molecule is CCCc1nn(C)c(SCCC(=O)O)c1[N+](=O)[O-]. The van der Waals surface area contributed by atoms with Crippen LogP contribution >= 0.6 is 11.8 Å². The number of carboxylic acids is 1. The predicted molar refractivity (Wildman–Crippen MR) is 66.8 cm³/mol. The lowest BCUT2D eigenvalue weighted by molar-refractivity contribution is -0.388. The summed E-state index contributed by atoms with van der Waals surface area (Å²) in [7, 11) is 1.63. The Morgan fingerprint density at radius 1 is 1.61 bits per heavy atom. The molecule has 0 aromatic carbocycles. The summed E-state index contributed by atoms with van der Waals surface area (Å²) < 4.78 is 1.45. The minimum Gasteiger partial charge on any atom is -0.481 e. The van der Waals surface area contributed by atoms with E-state index < -0.39 is 10.9 Å². The molecular formula is C10H15N3O4S. The summed E-state index contributed by atoms with van der Waals surface area (Å²) in [6.45, 7) is 1.93. The maximum absolute atomic E-state index is 11.1. The molecule has 1 aromatic rings. The molecule has 0 amide bonds. The van der Waals surface area contributed by atoms with Crippen LogP contribution in [0.3, 0.4) is 0 Å². The summed E-state index contributed by atoms with van der Waals surface area (Å²) >= 11 is 1.15. The predicted octanol–water partition coefficient (Wildman–Crippen LogP) is 1.85. The van der Waals surface area contributed by atoms with Crippen molar-refractivity contribution in [3.05, 3.63) is 15.8 Å². The highest BCUT2D eigenvalue weighted by atomic mass is 32.2. The normalized spacial score (nSPS) is 10.6. The van der Waals surface area contributed by atoms with Crippen LogP contribution in [-0.2, 0) is 18.3 Å². The highest BCUT2D eigenvalue weighted by Gasteiger charge is 2.26. The molecule has 8 heteroatoms. The van der Waals surface area contributed by atoms with Crippen LogP contribution in [0.5, 0.6) is 0 Å². The number of carbonyl (C=O) groups is 1. The van der Waals surface area contributed by atoms with Crippen molar-refractivity contribution in [3.8, 4) is 0 Å². The Kier molecular flexibility index (Phi) is 5.14. The lowest BCUT2D eigenvalue weighted by Gasteiger charge is -1.99. The molecule has 0 aliphatic rings. The quantitative estimate of drug-likeness (QED) is 0.462. The largest absolute Gasteiger partial charge is 0.481 e. The fourth-order valence-corrected chi connectivity index (χ4v) is 2.56. The minimum absolute atomic E-state index is 0.00902. The molecule has 0 unspecified atom stereocenters. The van der Waals surface area contributed by atoms with Crippen molar-refractivity contribution >= 4 is 23.4 Å². The number of rotatable bonds is 7. The molecule has 1 heterocycles. The van der Waals surface area contributed by atoms with E-state index in [0.29, 0.717) is 22.9 Å². The van der Waals surface area contributed by atoms with Crippen molar-refractivity contribution in [2.75, 3.05) is 5.75 Å². The van der Waals surface area contributed by atoms with E-state index in [2.05, 4.69) is 5.10 Å².